The molecule has 16 heavy (non-hydrogen) atoms. The van der Waals surface area contributed by atoms with Gasteiger partial charge in [0.05, 0.1) is 0 Å². The van der Waals surface area contributed by atoms with E-state index in [2.05, 4.69) is 43.4 Å². The lowest BCUT2D eigenvalue weighted by Gasteiger charge is -2.29. The van der Waals surface area contributed by atoms with E-state index in [0.717, 1.165) is 6.42 Å². The Labute approximate surface area is 99.3 Å². The molecule has 0 amide bonds. The quantitative estimate of drug-likeness (QED) is 0.815. The molecule has 1 heterocycles. The fourth-order valence-corrected chi connectivity index (χ4v) is 2.89. The first-order valence-corrected chi connectivity index (χ1v) is 6.61. The van der Waals surface area contributed by atoms with Crippen LogP contribution in [0.4, 0.5) is 0 Å². The highest BCUT2D eigenvalue weighted by molar-refractivity contribution is 5.29. The summed E-state index contributed by atoms with van der Waals surface area (Å²) in [5.41, 5.74) is 3.44. The third-order valence-corrected chi connectivity index (χ3v) is 4.04. The van der Waals surface area contributed by atoms with E-state index in [9.17, 15) is 0 Å². The number of aryl methyl sites for hydroxylation is 1. The molecule has 1 fully saturated rings. The highest BCUT2D eigenvalue weighted by atomic mass is 15.0. The molecule has 88 valence electrons. The second kappa shape index (κ2) is 5.01. The van der Waals surface area contributed by atoms with Crippen LogP contribution in [0, 0.1) is 0 Å². The van der Waals surface area contributed by atoms with Gasteiger partial charge >= 0.3 is 0 Å². The molecule has 1 nitrogen and oxygen atoms in total. The van der Waals surface area contributed by atoms with Gasteiger partial charge in [-0.2, -0.15) is 0 Å². The lowest BCUT2D eigenvalue weighted by atomic mass is 9.85. The Bertz CT molecular complexity index is 337. The highest BCUT2D eigenvalue weighted by Gasteiger charge is 2.31. The van der Waals surface area contributed by atoms with Gasteiger partial charge in [-0.15, -0.1) is 0 Å². The van der Waals surface area contributed by atoms with Gasteiger partial charge in [-0.1, -0.05) is 38.1 Å². The number of nitrogens with one attached hydrogen (secondary N) is 1. The zero-order valence-corrected chi connectivity index (χ0v) is 10.6. The zero-order chi connectivity index (χ0) is 11.4. The van der Waals surface area contributed by atoms with Crippen LogP contribution >= 0.6 is 0 Å². The van der Waals surface area contributed by atoms with Crippen LogP contribution in [0.5, 0.6) is 0 Å². The SMILES string of the molecule is CCc1ccccc1CC1(CC)CCCN1. The van der Waals surface area contributed by atoms with Crippen molar-refractivity contribution in [2.24, 2.45) is 0 Å². The molecule has 1 aromatic carbocycles. The Morgan fingerprint density at radius 2 is 1.94 bits per heavy atom. The first-order chi connectivity index (χ1) is 7.79. The van der Waals surface area contributed by atoms with Crippen LogP contribution in [-0.4, -0.2) is 12.1 Å². The van der Waals surface area contributed by atoms with Gasteiger partial charge in [0.2, 0.25) is 0 Å². The molecule has 2 rings (SSSR count). The molecule has 0 radical (unpaired) electrons. The normalized spacial score (nSPS) is 24.9. The summed E-state index contributed by atoms with van der Waals surface area (Å²) in [6, 6.07) is 8.90. The van der Waals surface area contributed by atoms with E-state index < -0.39 is 0 Å². The van der Waals surface area contributed by atoms with E-state index in [1.54, 1.807) is 5.56 Å². The van der Waals surface area contributed by atoms with Crippen molar-refractivity contribution in [2.45, 2.75) is 51.5 Å². The third-order valence-electron chi connectivity index (χ3n) is 4.04. The Morgan fingerprint density at radius 1 is 1.19 bits per heavy atom. The van der Waals surface area contributed by atoms with Gasteiger partial charge in [0.1, 0.15) is 0 Å². The predicted octanol–water partition coefficient (Wildman–Crippen LogP) is 3.32. The molecule has 0 aromatic heterocycles. The molecular weight excluding hydrogens is 194 g/mol. The molecular formula is C15H23N. The average Bonchev–Trinajstić information content (AvgIpc) is 2.79. The van der Waals surface area contributed by atoms with E-state index in [1.165, 1.54) is 37.8 Å². The molecule has 1 N–H and O–H groups in total. The molecule has 1 aromatic rings. The average molecular weight is 217 g/mol. The lowest BCUT2D eigenvalue weighted by molar-refractivity contribution is 0.359. The molecule has 1 atom stereocenters. The molecule has 1 heteroatoms. The molecule has 0 saturated carbocycles. The Morgan fingerprint density at radius 3 is 2.50 bits per heavy atom. The van der Waals surface area contributed by atoms with Gasteiger partial charge in [-0.3, -0.25) is 0 Å². The van der Waals surface area contributed by atoms with Crippen LogP contribution in [0.1, 0.15) is 44.2 Å². The second-order valence-corrected chi connectivity index (χ2v) is 4.96. The van der Waals surface area contributed by atoms with Crippen molar-refractivity contribution < 1.29 is 0 Å². The second-order valence-electron chi connectivity index (χ2n) is 4.96. The fraction of sp³-hybridized carbons (Fsp3) is 0.600. The van der Waals surface area contributed by atoms with Crippen molar-refractivity contribution in [3.05, 3.63) is 35.4 Å². The van der Waals surface area contributed by atoms with Crippen LogP contribution in [0.15, 0.2) is 24.3 Å². The zero-order valence-electron chi connectivity index (χ0n) is 10.6. The summed E-state index contributed by atoms with van der Waals surface area (Å²) in [6.07, 6.45) is 6.26. The van der Waals surface area contributed by atoms with Gasteiger partial charge in [0, 0.05) is 5.54 Å². The Kier molecular flexibility index (Phi) is 3.65. The van der Waals surface area contributed by atoms with E-state index in [-0.39, 0.29) is 0 Å². The number of hydrogen-bond acceptors (Lipinski definition) is 1. The Hall–Kier alpha value is -0.820. The fourth-order valence-electron chi connectivity index (χ4n) is 2.89. The number of rotatable bonds is 4. The minimum absolute atomic E-state index is 0.380. The molecule has 1 aliphatic rings. The van der Waals surface area contributed by atoms with Crippen LogP contribution in [-0.2, 0) is 12.8 Å². The monoisotopic (exact) mass is 217 g/mol. The predicted molar refractivity (Wildman–Crippen MR) is 69.8 cm³/mol. The van der Waals surface area contributed by atoms with E-state index in [0.29, 0.717) is 5.54 Å². The minimum atomic E-state index is 0.380. The van der Waals surface area contributed by atoms with Crippen molar-refractivity contribution in [1.29, 1.82) is 0 Å². The van der Waals surface area contributed by atoms with E-state index in [1.807, 2.05) is 0 Å². The molecule has 1 saturated heterocycles. The van der Waals surface area contributed by atoms with Crippen LogP contribution in [0.25, 0.3) is 0 Å². The summed E-state index contributed by atoms with van der Waals surface area (Å²) in [5.74, 6) is 0. The summed E-state index contributed by atoms with van der Waals surface area (Å²) in [4.78, 5) is 0. The summed E-state index contributed by atoms with van der Waals surface area (Å²) in [7, 11) is 0. The molecule has 0 spiro atoms. The molecule has 0 bridgehead atoms. The first-order valence-electron chi connectivity index (χ1n) is 6.61. The molecule has 1 unspecified atom stereocenters. The summed E-state index contributed by atoms with van der Waals surface area (Å²) < 4.78 is 0. The van der Waals surface area contributed by atoms with Crippen molar-refractivity contribution in [2.75, 3.05) is 6.54 Å². The summed E-state index contributed by atoms with van der Waals surface area (Å²) >= 11 is 0. The van der Waals surface area contributed by atoms with Gasteiger partial charge in [-0.25, -0.2) is 0 Å². The maximum Gasteiger partial charge on any atom is 0.0219 e. The molecule has 0 aliphatic carbocycles. The van der Waals surface area contributed by atoms with Crippen molar-refractivity contribution in [3.8, 4) is 0 Å². The van der Waals surface area contributed by atoms with Gasteiger partial charge in [-0.05, 0) is 49.8 Å². The van der Waals surface area contributed by atoms with Gasteiger partial charge in [0.25, 0.3) is 0 Å². The van der Waals surface area contributed by atoms with Crippen LogP contribution in [0.3, 0.4) is 0 Å². The van der Waals surface area contributed by atoms with Crippen molar-refractivity contribution >= 4 is 0 Å². The summed E-state index contributed by atoms with van der Waals surface area (Å²) in [5, 5.41) is 3.72. The lowest BCUT2D eigenvalue weighted by Crippen LogP contribution is -2.41. The molecule has 1 aliphatic heterocycles. The Balaban J connectivity index is 2.18. The van der Waals surface area contributed by atoms with Crippen molar-refractivity contribution in [1.82, 2.24) is 5.32 Å². The number of benzene rings is 1. The largest absolute Gasteiger partial charge is 0.311 e. The first kappa shape index (κ1) is 11.7. The van der Waals surface area contributed by atoms with Crippen LogP contribution in [0.2, 0.25) is 0 Å². The minimum Gasteiger partial charge on any atom is -0.311 e. The third kappa shape index (κ3) is 2.30. The van der Waals surface area contributed by atoms with Gasteiger partial charge in [0.15, 0.2) is 0 Å². The van der Waals surface area contributed by atoms with E-state index >= 15 is 0 Å². The summed E-state index contributed by atoms with van der Waals surface area (Å²) in [6.45, 7) is 5.76. The maximum atomic E-state index is 3.72. The number of hydrogen-bond donors (Lipinski definition) is 1. The standard InChI is InChI=1S/C15H23N/c1-3-13-8-5-6-9-14(13)12-15(4-2)10-7-11-16-15/h5-6,8-9,16H,3-4,7,10-12H2,1-2H3. The maximum absolute atomic E-state index is 3.72. The topological polar surface area (TPSA) is 12.0 Å². The highest BCUT2D eigenvalue weighted by Crippen LogP contribution is 2.28. The van der Waals surface area contributed by atoms with Crippen molar-refractivity contribution in [3.63, 3.8) is 0 Å². The van der Waals surface area contributed by atoms with Gasteiger partial charge < -0.3 is 5.32 Å². The smallest absolute Gasteiger partial charge is 0.0219 e. The van der Waals surface area contributed by atoms with E-state index in [4.69, 9.17) is 0 Å². The van der Waals surface area contributed by atoms with Crippen LogP contribution < -0.4 is 5.32 Å².